The molecule has 222 valence electrons. The molecule has 8 nitrogen and oxygen atoms in total. The SMILES string of the molecule is CC1CCC(=O)N1CCCCOc1ccccc1CCN(CCCCC(=O)O)C1CCCc2cc(C(=O)O)ccc21. The van der Waals surface area contributed by atoms with E-state index in [1.807, 2.05) is 35.2 Å². The summed E-state index contributed by atoms with van der Waals surface area (Å²) in [4.78, 5) is 39.1. The zero-order valence-electron chi connectivity index (χ0n) is 24.2. The quantitative estimate of drug-likeness (QED) is 0.251. The molecule has 2 atom stereocenters. The summed E-state index contributed by atoms with van der Waals surface area (Å²) < 4.78 is 6.21. The summed E-state index contributed by atoms with van der Waals surface area (Å²) in [5.41, 5.74) is 3.76. The van der Waals surface area contributed by atoms with E-state index >= 15 is 0 Å². The van der Waals surface area contributed by atoms with E-state index in [4.69, 9.17) is 9.84 Å². The van der Waals surface area contributed by atoms with E-state index in [2.05, 4.69) is 17.9 Å². The van der Waals surface area contributed by atoms with Crippen LogP contribution in [0.4, 0.5) is 0 Å². The third-order valence-corrected chi connectivity index (χ3v) is 8.52. The van der Waals surface area contributed by atoms with Gasteiger partial charge in [0, 0.05) is 38.0 Å². The summed E-state index contributed by atoms with van der Waals surface area (Å²) in [6, 6.07) is 14.1. The molecule has 1 amide bonds. The van der Waals surface area contributed by atoms with Crippen LogP contribution >= 0.6 is 0 Å². The van der Waals surface area contributed by atoms with Crippen LogP contribution in [-0.2, 0) is 22.4 Å². The van der Waals surface area contributed by atoms with E-state index in [0.717, 1.165) is 87.9 Å². The van der Waals surface area contributed by atoms with Gasteiger partial charge in [-0.3, -0.25) is 14.5 Å². The van der Waals surface area contributed by atoms with Gasteiger partial charge in [-0.05, 0) is 106 Å². The maximum absolute atomic E-state index is 12.0. The van der Waals surface area contributed by atoms with E-state index in [-0.39, 0.29) is 18.4 Å². The molecule has 2 aromatic rings. The molecule has 1 aliphatic heterocycles. The number of para-hydroxylation sites is 1. The molecule has 0 aromatic heterocycles. The van der Waals surface area contributed by atoms with Crippen LogP contribution in [0, 0.1) is 0 Å². The lowest BCUT2D eigenvalue weighted by Gasteiger charge is -2.36. The Balaban J connectivity index is 1.38. The Morgan fingerprint density at radius 2 is 1.83 bits per heavy atom. The molecule has 1 fully saturated rings. The zero-order valence-corrected chi connectivity index (χ0v) is 24.2. The minimum atomic E-state index is -0.906. The van der Waals surface area contributed by atoms with Crippen LogP contribution in [0.25, 0.3) is 0 Å². The Kier molecular flexibility index (Phi) is 11.2. The first kappa shape index (κ1) is 30.6. The third kappa shape index (κ3) is 8.55. The number of carbonyl (C=O) groups excluding carboxylic acids is 1. The first-order chi connectivity index (χ1) is 19.8. The first-order valence-corrected chi connectivity index (χ1v) is 15.2. The van der Waals surface area contributed by atoms with Gasteiger partial charge in [-0.25, -0.2) is 4.79 Å². The van der Waals surface area contributed by atoms with Gasteiger partial charge in [0.05, 0.1) is 12.2 Å². The number of hydrogen-bond acceptors (Lipinski definition) is 5. The number of amides is 1. The van der Waals surface area contributed by atoms with Gasteiger partial charge in [-0.15, -0.1) is 0 Å². The number of aliphatic carboxylic acids is 1. The summed E-state index contributed by atoms with van der Waals surface area (Å²) in [6.07, 6.45) is 8.68. The number of hydrogen-bond donors (Lipinski definition) is 2. The lowest BCUT2D eigenvalue weighted by Crippen LogP contribution is -2.34. The maximum atomic E-state index is 12.0. The molecule has 2 aliphatic rings. The van der Waals surface area contributed by atoms with Crippen LogP contribution in [-0.4, -0.2) is 70.1 Å². The number of rotatable bonds is 16. The van der Waals surface area contributed by atoms with Crippen molar-refractivity contribution in [2.24, 2.45) is 0 Å². The molecule has 0 bridgehead atoms. The highest BCUT2D eigenvalue weighted by atomic mass is 16.5. The minimum absolute atomic E-state index is 0.165. The lowest BCUT2D eigenvalue weighted by molar-refractivity contribution is -0.137. The fraction of sp³-hybridized carbons (Fsp3) is 0.545. The van der Waals surface area contributed by atoms with Crippen molar-refractivity contribution in [2.75, 3.05) is 26.2 Å². The van der Waals surface area contributed by atoms with Crippen molar-refractivity contribution >= 4 is 17.8 Å². The monoisotopic (exact) mass is 564 g/mol. The predicted octanol–water partition coefficient (Wildman–Crippen LogP) is 5.73. The van der Waals surface area contributed by atoms with Gasteiger partial charge >= 0.3 is 11.9 Å². The van der Waals surface area contributed by atoms with Crippen LogP contribution in [0.2, 0.25) is 0 Å². The van der Waals surface area contributed by atoms with E-state index in [9.17, 15) is 19.5 Å². The van der Waals surface area contributed by atoms with Crippen LogP contribution < -0.4 is 4.74 Å². The molecule has 1 saturated heterocycles. The van der Waals surface area contributed by atoms with Crippen LogP contribution in [0.1, 0.15) is 97.8 Å². The summed E-state index contributed by atoms with van der Waals surface area (Å²) in [7, 11) is 0. The second kappa shape index (κ2) is 15.0. The van der Waals surface area contributed by atoms with Gasteiger partial charge in [0.25, 0.3) is 0 Å². The molecule has 0 saturated carbocycles. The fourth-order valence-corrected chi connectivity index (χ4v) is 6.22. The number of aryl methyl sites for hydroxylation is 1. The van der Waals surface area contributed by atoms with E-state index in [1.165, 1.54) is 5.56 Å². The van der Waals surface area contributed by atoms with E-state index < -0.39 is 11.9 Å². The molecular formula is C33H44N2O6. The molecule has 41 heavy (non-hydrogen) atoms. The number of aromatic carboxylic acids is 1. The number of carboxylic acids is 2. The van der Waals surface area contributed by atoms with Crippen molar-refractivity contribution < 1.29 is 29.3 Å². The Bertz CT molecular complexity index is 1200. The molecule has 1 aliphatic carbocycles. The number of fused-ring (bicyclic) bond motifs is 1. The highest BCUT2D eigenvalue weighted by Gasteiger charge is 2.28. The molecule has 1 heterocycles. The van der Waals surface area contributed by atoms with Crippen molar-refractivity contribution in [1.29, 1.82) is 0 Å². The minimum Gasteiger partial charge on any atom is -0.493 e. The molecular weight excluding hydrogens is 520 g/mol. The van der Waals surface area contributed by atoms with E-state index in [1.54, 1.807) is 6.07 Å². The topological polar surface area (TPSA) is 107 Å². The average molecular weight is 565 g/mol. The Morgan fingerprint density at radius 3 is 2.59 bits per heavy atom. The number of unbranched alkanes of at least 4 members (excludes halogenated alkanes) is 2. The summed E-state index contributed by atoms with van der Waals surface area (Å²) >= 11 is 0. The van der Waals surface area contributed by atoms with Crippen LogP contribution in [0.5, 0.6) is 5.75 Å². The standard InChI is InChI=1S/C33H44N2O6/c1-24-14-17-31(36)35(24)20-6-7-22-41-30-12-3-2-9-25(30)18-21-34(19-5-4-13-32(37)38)29-11-8-10-26-23-27(33(39)40)15-16-28(26)29/h2-3,9,12,15-16,23-24,29H,4-8,10-11,13-14,17-22H2,1H3,(H,37,38)(H,39,40). The Labute approximate surface area is 243 Å². The molecule has 2 aromatic carbocycles. The number of ether oxygens (including phenoxy) is 1. The molecule has 8 heteroatoms. The lowest BCUT2D eigenvalue weighted by atomic mass is 9.85. The molecule has 0 spiro atoms. The van der Waals surface area contributed by atoms with Gasteiger partial charge in [0.1, 0.15) is 5.75 Å². The largest absolute Gasteiger partial charge is 0.493 e. The van der Waals surface area contributed by atoms with Crippen molar-refractivity contribution in [3.05, 3.63) is 64.7 Å². The highest BCUT2D eigenvalue weighted by molar-refractivity contribution is 5.88. The highest BCUT2D eigenvalue weighted by Crippen LogP contribution is 2.35. The summed E-state index contributed by atoms with van der Waals surface area (Å²) in [5, 5.41) is 18.6. The van der Waals surface area contributed by atoms with Crippen molar-refractivity contribution in [3.8, 4) is 5.75 Å². The number of carbonyl (C=O) groups is 3. The predicted molar refractivity (Wildman–Crippen MR) is 157 cm³/mol. The number of nitrogens with zero attached hydrogens (tertiary/aromatic N) is 2. The van der Waals surface area contributed by atoms with Gasteiger partial charge in [0.15, 0.2) is 0 Å². The van der Waals surface area contributed by atoms with Crippen LogP contribution in [0.15, 0.2) is 42.5 Å². The van der Waals surface area contributed by atoms with Crippen molar-refractivity contribution in [1.82, 2.24) is 9.80 Å². The summed E-state index contributed by atoms with van der Waals surface area (Å²) in [5.74, 6) is -0.525. The van der Waals surface area contributed by atoms with E-state index in [0.29, 0.717) is 31.1 Å². The second-order valence-corrected chi connectivity index (χ2v) is 11.4. The van der Waals surface area contributed by atoms with Gasteiger partial charge in [-0.2, -0.15) is 0 Å². The summed E-state index contributed by atoms with van der Waals surface area (Å²) in [6.45, 7) is 5.10. The molecule has 0 radical (unpaired) electrons. The van der Waals surface area contributed by atoms with Gasteiger partial charge in [0.2, 0.25) is 5.91 Å². The fourth-order valence-electron chi connectivity index (χ4n) is 6.22. The molecule has 2 N–H and O–H groups in total. The Morgan fingerprint density at radius 1 is 1.00 bits per heavy atom. The van der Waals surface area contributed by atoms with Gasteiger partial charge in [-0.1, -0.05) is 24.3 Å². The van der Waals surface area contributed by atoms with Crippen molar-refractivity contribution in [3.63, 3.8) is 0 Å². The first-order valence-electron chi connectivity index (χ1n) is 15.2. The normalized spacial score (nSPS) is 18.5. The number of likely N-dealkylation sites (tertiary alicyclic amines) is 1. The zero-order chi connectivity index (χ0) is 29.2. The Hall–Kier alpha value is -3.39. The number of benzene rings is 2. The number of carboxylic acid groups (broad SMARTS) is 2. The van der Waals surface area contributed by atoms with Gasteiger partial charge < -0.3 is 19.8 Å². The third-order valence-electron chi connectivity index (χ3n) is 8.52. The molecule has 4 rings (SSSR count). The van der Waals surface area contributed by atoms with Crippen molar-refractivity contribution in [2.45, 2.75) is 89.6 Å². The molecule has 2 unspecified atom stereocenters. The van der Waals surface area contributed by atoms with Crippen LogP contribution in [0.3, 0.4) is 0 Å². The smallest absolute Gasteiger partial charge is 0.335 e. The maximum Gasteiger partial charge on any atom is 0.335 e. The second-order valence-electron chi connectivity index (χ2n) is 11.4. The average Bonchev–Trinajstić information content (AvgIpc) is 3.28.